The molecule has 0 bridgehead atoms. The highest BCUT2D eigenvalue weighted by atomic mass is 16.3. The van der Waals surface area contributed by atoms with E-state index in [4.69, 9.17) is 5.11 Å². The molecular formula is C27H25NO4. The number of aliphatic hydroxyl groups excluding tert-OH is 1. The minimum absolute atomic E-state index is 0.119. The lowest BCUT2D eigenvalue weighted by atomic mass is 9.97. The maximum atomic E-state index is 13.1. The molecular weight excluding hydrogens is 402 g/mol. The topological polar surface area (TPSA) is 83.5 Å². The van der Waals surface area contributed by atoms with E-state index in [0.29, 0.717) is 12.0 Å². The van der Waals surface area contributed by atoms with Gasteiger partial charge in [-0.3, -0.25) is 14.4 Å². The quantitative estimate of drug-likeness (QED) is 0.384. The van der Waals surface area contributed by atoms with Gasteiger partial charge in [0.15, 0.2) is 11.6 Å². The summed E-state index contributed by atoms with van der Waals surface area (Å²) in [7, 11) is 0. The second kappa shape index (κ2) is 11.5. The molecule has 5 heteroatoms. The fourth-order valence-corrected chi connectivity index (χ4v) is 3.28. The zero-order valence-electron chi connectivity index (χ0n) is 17.6. The Hall–Kier alpha value is -3.83. The van der Waals surface area contributed by atoms with Crippen LogP contribution >= 0.6 is 0 Å². The molecule has 0 aliphatic carbocycles. The highest BCUT2D eigenvalue weighted by Gasteiger charge is 2.21. The number of benzene rings is 3. The first kappa shape index (κ1) is 22.8. The Balaban J connectivity index is 1.71. The normalized spacial score (nSPS) is 11.8. The summed E-state index contributed by atoms with van der Waals surface area (Å²) in [4.78, 5) is 37.1. The molecule has 0 unspecified atom stereocenters. The van der Waals surface area contributed by atoms with E-state index in [9.17, 15) is 14.4 Å². The van der Waals surface area contributed by atoms with Gasteiger partial charge in [-0.2, -0.15) is 0 Å². The van der Waals surface area contributed by atoms with E-state index in [1.54, 1.807) is 30.3 Å². The van der Waals surface area contributed by atoms with Crippen molar-refractivity contribution >= 4 is 23.5 Å². The predicted octanol–water partition coefficient (Wildman–Crippen LogP) is 3.41. The SMILES string of the molecule is O=C(/C=C/c1ccccc1)N[C@@H](Cc1ccccc1)C(=O)Cc1ccc(C(=O)CO)cc1. The highest BCUT2D eigenvalue weighted by Crippen LogP contribution is 2.11. The van der Waals surface area contributed by atoms with E-state index >= 15 is 0 Å². The van der Waals surface area contributed by atoms with Crippen LogP contribution in [0.1, 0.15) is 27.0 Å². The summed E-state index contributed by atoms with van der Waals surface area (Å²) in [5.74, 6) is -0.842. The Morgan fingerprint density at radius 1 is 0.812 bits per heavy atom. The molecule has 1 atom stereocenters. The van der Waals surface area contributed by atoms with Crippen molar-refractivity contribution in [2.24, 2.45) is 0 Å². The summed E-state index contributed by atoms with van der Waals surface area (Å²) < 4.78 is 0. The molecule has 0 radical (unpaired) electrons. The van der Waals surface area contributed by atoms with Gasteiger partial charge in [-0.15, -0.1) is 0 Å². The first-order valence-corrected chi connectivity index (χ1v) is 10.4. The summed E-state index contributed by atoms with van der Waals surface area (Å²) in [6.45, 7) is -0.556. The number of hydrogen-bond donors (Lipinski definition) is 2. The molecule has 1 amide bonds. The molecule has 0 aliphatic rings. The van der Waals surface area contributed by atoms with Crippen LogP contribution in [0, 0.1) is 0 Å². The van der Waals surface area contributed by atoms with Crippen molar-refractivity contribution in [2.45, 2.75) is 18.9 Å². The molecule has 5 nitrogen and oxygen atoms in total. The van der Waals surface area contributed by atoms with Gasteiger partial charge in [0.05, 0.1) is 6.04 Å². The number of hydrogen-bond acceptors (Lipinski definition) is 4. The minimum atomic E-state index is -0.691. The molecule has 162 valence electrons. The van der Waals surface area contributed by atoms with E-state index in [1.807, 2.05) is 60.7 Å². The summed E-state index contributed by atoms with van der Waals surface area (Å²) in [6.07, 6.45) is 3.63. The van der Waals surface area contributed by atoms with Crippen molar-refractivity contribution in [3.63, 3.8) is 0 Å². The summed E-state index contributed by atoms with van der Waals surface area (Å²) in [5, 5.41) is 11.8. The standard InChI is InChI=1S/C27H25NO4/c29-19-26(31)23-14-11-22(12-15-23)18-25(30)24(17-21-9-5-2-6-10-21)28-27(32)16-13-20-7-3-1-4-8-20/h1-16,24,29H,17-19H2,(H,28,32)/b16-13+/t24-/m0/s1. The molecule has 3 aromatic rings. The lowest BCUT2D eigenvalue weighted by Gasteiger charge is -2.17. The maximum Gasteiger partial charge on any atom is 0.244 e. The van der Waals surface area contributed by atoms with Crippen LogP contribution in [-0.4, -0.2) is 35.2 Å². The van der Waals surface area contributed by atoms with E-state index in [2.05, 4.69) is 5.32 Å². The Morgan fingerprint density at radius 3 is 2.06 bits per heavy atom. The van der Waals surface area contributed by atoms with Crippen LogP contribution in [0.2, 0.25) is 0 Å². The summed E-state index contributed by atoms with van der Waals surface area (Å²) in [6, 6.07) is 24.9. The summed E-state index contributed by atoms with van der Waals surface area (Å²) in [5.41, 5.74) is 2.97. The number of amides is 1. The number of nitrogens with one attached hydrogen (secondary N) is 1. The Morgan fingerprint density at radius 2 is 1.44 bits per heavy atom. The van der Waals surface area contributed by atoms with E-state index in [0.717, 1.165) is 16.7 Å². The zero-order chi connectivity index (χ0) is 22.8. The van der Waals surface area contributed by atoms with Crippen LogP contribution in [0.15, 0.2) is 91.0 Å². The van der Waals surface area contributed by atoms with Gasteiger partial charge in [0.2, 0.25) is 5.91 Å². The van der Waals surface area contributed by atoms with Gasteiger partial charge < -0.3 is 10.4 Å². The maximum absolute atomic E-state index is 13.1. The largest absolute Gasteiger partial charge is 0.388 e. The Bertz CT molecular complexity index is 1070. The second-order valence-electron chi connectivity index (χ2n) is 7.42. The van der Waals surface area contributed by atoms with Crippen LogP contribution in [0.4, 0.5) is 0 Å². The minimum Gasteiger partial charge on any atom is -0.388 e. The number of carbonyl (C=O) groups excluding carboxylic acids is 3. The van der Waals surface area contributed by atoms with Crippen LogP contribution in [0.3, 0.4) is 0 Å². The molecule has 0 saturated carbocycles. The first-order valence-electron chi connectivity index (χ1n) is 10.4. The average Bonchev–Trinajstić information content (AvgIpc) is 2.83. The molecule has 3 aromatic carbocycles. The number of rotatable bonds is 10. The second-order valence-corrected chi connectivity index (χ2v) is 7.42. The lowest BCUT2D eigenvalue weighted by Crippen LogP contribution is -2.42. The van der Waals surface area contributed by atoms with Crippen LogP contribution in [-0.2, 0) is 22.4 Å². The van der Waals surface area contributed by atoms with E-state index in [-0.39, 0.29) is 23.9 Å². The average molecular weight is 428 g/mol. The van der Waals surface area contributed by atoms with Crippen molar-refractivity contribution in [3.05, 3.63) is 113 Å². The lowest BCUT2D eigenvalue weighted by molar-refractivity contribution is -0.125. The molecule has 0 fully saturated rings. The fraction of sp³-hybridized carbons (Fsp3) is 0.148. The monoisotopic (exact) mass is 427 g/mol. The van der Waals surface area contributed by atoms with Crippen LogP contribution < -0.4 is 5.32 Å². The molecule has 32 heavy (non-hydrogen) atoms. The van der Waals surface area contributed by atoms with E-state index in [1.165, 1.54) is 6.08 Å². The Labute approximate surface area is 187 Å². The molecule has 0 aromatic heterocycles. The third kappa shape index (κ3) is 6.86. The van der Waals surface area contributed by atoms with Crippen molar-refractivity contribution < 1.29 is 19.5 Å². The van der Waals surface area contributed by atoms with Gasteiger partial charge in [0.25, 0.3) is 0 Å². The van der Waals surface area contributed by atoms with Crippen molar-refractivity contribution in [1.82, 2.24) is 5.32 Å². The molecule has 0 aliphatic heterocycles. The predicted molar refractivity (Wildman–Crippen MR) is 124 cm³/mol. The highest BCUT2D eigenvalue weighted by molar-refractivity contribution is 5.98. The number of carbonyl (C=O) groups is 3. The van der Waals surface area contributed by atoms with Crippen molar-refractivity contribution in [3.8, 4) is 0 Å². The van der Waals surface area contributed by atoms with Crippen molar-refractivity contribution in [1.29, 1.82) is 0 Å². The van der Waals surface area contributed by atoms with Gasteiger partial charge in [0, 0.05) is 18.1 Å². The Kier molecular flexibility index (Phi) is 8.23. The number of aliphatic hydroxyl groups is 1. The zero-order valence-corrected chi connectivity index (χ0v) is 17.6. The molecule has 0 spiro atoms. The van der Waals surface area contributed by atoms with Crippen LogP contribution in [0.25, 0.3) is 6.08 Å². The van der Waals surface area contributed by atoms with E-state index < -0.39 is 12.6 Å². The summed E-state index contributed by atoms with van der Waals surface area (Å²) >= 11 is 0. The molecule has 0 heterocycles. The van der Waals surface area contributed by atoms with Crippen molar-refractivity contribution in [2.75, 3.05) is 6.61 Å². The number of ketones is 2. The molecule has 2 N–H and O–H groups in total. The van der Waals surface area contributed by atoms with Gasteiger partial charge >= 0.3 is 0 Å². The molecule has 0 saturated heterocycles. The van der Waals surface area contributed by atoms with Gasteiger partial charge in [-0.1, -0.05) is 84.9 Å². The smallest absolute Gasteiger partial charge is 0.244 e. The molecule has 3 rings (SSSR count). The number of Topliss-reactive ketones (excluding diaryl/α,β-unsaturated/α-hetero) is 2. The first-order chi connectivity index (χ1) is 15.5. The van der Waals surface area contributed by atoms with Gasteiger partial charge in [-0.25, -0.2) is 0 Å². The van der Waals surface area contributed by atoms with Gasteiger partial charge in [0.1, 0.15) is 6.61 Å². The third-order valence-corrected chi connectivity index (χ3v) is 5.01. The fourth-order valence-electron chi connectivity index (χ4n) is 3.28. The van der Waals surface area contributed by atoms with Crippen LogP contribution in [0.5, 0.6) is 0 Å². The third-order valence-electron chi connectivity index (χ3n) is 5.01. The van der Waals surface area contributed by atoms with Gasteiger partial charge in [-0.05, 0) is 29.2 Å².